The molecule has 0 bridgehead atoms. The van der Waals surface area contributed by atoms with E-state index in [0.29, 0.717) is 5.92 Å². The molecule has 118 valence electrons. The van der Waals surface area contributed by atoms with Gasteiger partial charge in [0, 0.05) is 13.1 Å². The largest absolute Gasteiger partial charge is 0.444 e. The highest BCUT2D eigenvalue weighted by Gasteiger charge is 2.29. The van der Waals surface area contributed by atoms with E-state index in [4.69, 9.17) is 4.74 Å². The van der Waals surface area contributed by atoms with Gasteiger partial charge in [0.15, 0.2) is 0 Å². The van der Waals surface area contributed by atoms with Crippen LogP contribution in [0.25, 0.3) is 0 Å². The Morgan fingerprint density at radius 3 is 2.75 bits per heavy atom. The van der Waals surface area contributed by atoms with Crippen molar-refractivity contribution >= 4 is 6.09 Å². The fourth-order valence-electron chi connectivity index (χ4n) is 2.36. The van der Waals surface area contributed by atoms with Crippen molar-refractivity contribution in [2.75, 3.05) is 26.2 Å². The summed E-state index contributed by atoms with van der Waals surface area (Å²) in [5.41, 5.74) is -0.396. The van der Waals surface area contributed by atoms with Crippen LogP contribution in [0.2, 0.25) is 0 Å². The predicted octanol–water partition coefficient (Wildman–Crippen LogP) is 3.27. The maximum absolute atomic E-state index is 12.0. The molecule has 1 amide bonds. The standard InChI is InChI=1S/C16H32N2O2/c1-6-13(2)11-17-9-7-14-8-10-18(12-14)15(19)20-16(3,4)5/h13-14,17H,6-12H2,1-5H3. The Labute approximate surface area is 124 Å². The molecule has 4 nitrogen and oxygen atoms in total. The van der Waals surface area contributed by atoms with Gasteiger partial charge in [-0.25, -0.2) is 4.79 Å². The number of rotatable bonds is 6. The fourth-order valence-corrected chi connectivity index (χ4v) is 2.36. The quantitative estimate of drug-likeness (QED) is 0.761. The van der Waals surface area contributed by atoms with Crippen LogP contribution in [0.3, 0.4) is 0 Å². The highest BCUT2D eigenvalue weighted by molar-refractivity contribution is 5.68. The van der Waals surface area contributed by atoms with E-state index in [9.17, 15) is 4.79 Å². The zero-order chi connectivity index (χ0) is 15.2. The number of ether oxygens (including phenoxy) is 1. The average Bonchev–Trinajstić information content (AvgIpc) is 2.81. The molecule has 4 heteroatoms. The van der Waals surface area contributed by atoms with Gasteiger partial charge in [-0.1, -0.05) is 20.3 Å². The van der Waals surface area contributed by atoms with Gasteiger partial charge in [-0.3, -0.25) is 0 Å². The van der Waals surface area contributed by atoms with Crippen LogP contribution < -0.4 is 5.32 Å². The van der Waals surface area contributed by atoms with E-state index in [0.717, 1.165) is 44.9 Å². The molecule has 1 saturated heterocycles. The van der Waals surface area contributed by atoms with Crippen molar-refractivity contribution < 1.29 is 9.53 Å². The minimum atomic E-state index is -0.396. The predicted molar refractivity (Wildman–Crippen MR) is 82.9 cm³/mol. The third-order valence-corrected chi connectivity index (χ3v) is 3.86. The number of nitrogens with zero attached hydrogens (tertiary/aromatic N) is 1. The topological polar surface area (TPSA) is 41.6 Å². The lowest BCUT2D eigenvalue weighted by Gasteiger charge is -2.24. The van der Waals surface area contributed by atoms with Gasteiger partial charge in [0.2, 0.25) is 0 Å². The molecule has 1 aliphatic heterocycles. The Kier molecular flexibility index (Phi) is 6.80. The van der Waals surface area contributed by atoms with Crippen molar-refractivity contribution in [2.45, 2.75) is 59.5 Å². The summed E-state index contributed by atoms with van der Waals surface area (Å²) in [6.07, 6.45) is 3.32. The SMILES string of the molecule is CCC(C)CNCCC1CCN(C(=O)OC(C)(C)C)C1. The smallest absolute Gasteiger partial charge is 0.410 e. The zero-order valence-corrected chi connectivity index (χ0v) is 13.9. The Bertz CT molecular complexity index is 299. The van der Waals surface area contributed by atoms with Gasteiger partial charge >= 0.3 is 6.09 Å². The number of carbonyl (C=O) groups is 1. The van der Waals surface area contributed by atoms with E-state index in [1.54, 1.807) is 0 Å². The van der Waals surface area contributed by atoms with Gasteiger partial charge in [0.1, 0.15) is 5.60 Å². The summed E-state index contributed by atoms with van der Waals surface area (Å²) in [6.45, 7) is 14.1. The summed E-state index contributed by atoms with van der Waals surface area (Å²) in [7, 11) is 0. The highest BCUT2D eigenvalue weighted by Crippen LogP contribution is 2.21. The van der Waals surface area contributed by atoms with Gasteiger partial charge in [-0.05, 0) is 58.5 Å². The molecule has 1 fully saturated rings. The van der Waals surface area contributed by atoms with E-state index < -0.39 is 5.60 Å². The lowest BCUT2D eigenvalue weighted by Crippen LogP contribution is -2.35. The Morgan fingerprint density at radius 2 is 2.15 bits per heavy atom. The molecule has 1 N–H and O–H groups in total. The Morgan fingerprint density at radius 1 is 1.45 bits per heavy atom. The van der Waals surface area contributed by atoms with Crippen molar-refractivity contribution in [1.29, 1.82) is 0 Å². The van der Waals surface area contributed by atoms with Crippen LogP contribution in [0.15, 0.2) is 0 Å². The molecule has 0 aromatic rings. The summed E-state index contributed by atoms with van der Waals surface area (Å²) in [6, 6.07) is 0. The van der Waals surface area contributed by atoms with Crippen molar-refractivity contribution in [3.8, 4) is 0 Å². The molecule has 0 saturated carbocycles. The molecule has 1 heterocycles. The minimum Gasteiger partial charge on any atom is -0.444 e. The monoisotopic (exact) mass is 284 g/mol. The van der Waals surface area contributed by atoms with Gasteiger partial charge < -0.3 is 15.0 Å². The molecule has 2 atom stereocenters. The maximum atomic E-state index is 12.0. The summed E-state index contributed by atoms with van der Waals surface area (Å²) in [4.78, 5) is 13.8. The number of hydrogen-bond acceptors (Lipinski definition) is 3. The van der Waals surface area contributed by atoms with Gasteiger partial charge in [0.25, 0.3) is 0 Å². The summed E-state index contributed by atoms with van der Waals surface area (Å²) < 4.78 is 5.41. The van der Waals surface area contributed by atoms with Crippen LogP contribution in [0.5, 0.6) is 0 Å². The van der Waals surface area contributed by atoms with Crippen molar-refractivity contribution in [1.82, 2.24) is 10.2 Å². The van der Waals surface area contributed by atoms with Crippen LogP contribution in [0.4, 0.5) is 4.79 Å². The second kappa shape index (κ2) is 7.87. The van der Waals surface area contributed by atoms with Crippen molar-refractivity contribution in [3.05, 3.63) is 0 Å². The first-order valence-corrected chi connectivity index (χ1v) is 8.00. The lowest BCUT2D eigenvalue weighted by molar-refractivity contribution is 0.0287. The normalized spacial score (nSPS) is 21.1. The minimum absolute atomic E-state index is 0.160. The first-order valence-electron chi connectivity index (χ1n) is 8.00. The van der Waals surface area contributed by atoms with Crippen LogP contribution in [-0.2, 0) is 4.74 Å². The molecule has 0 aliphatic carbocycles. The van der Waals surface area contributed by atoms with E-state index >= 15 is 0 Å². The zero-order valence-electron chi connectivity index (χ0n) is 13.9. The second-order valence-corrected chi connectivity index (χ2v) is 7.09. The summed E-state index contributed by atoms with van der Waals surface area (Å²) in [5.74, 6) is 1.36. The first kappa shape index (κ1) is 17.3. The summed E-state index contributed by atoms with van der Waals surface area (Å²) >= 11 is 0. The molecule has 0 radical (unpaired) electrons. The van der Waals surface area contributed by atoms with Crippen LogP contribution >= 0.6 is 0 Å². The number of nitrogens with one attached hydrogen (secondary N) is 1. The van der Waals surface area contributed by atoms with Crippen molar-refractivity contribution in [3.63, 3.8) is 0 Å². The van der Waals surface area contributed by atoms with Crippen LogP contribution in [0, 0.1) is 11.8 Å². The Balaban J connectivity index is 2.18. The van der Waals surface area contributed by atoms with Gasteiger partial charge in [0.05, 0.1) is 0 Å². The molecule has 0 aromatic heterocycles. The number of likely N-dealkylation sites (tertiary alicyclic amines) is 1. The molecule has 20 heavy (non-hydrogen) atoms. The highest BCUT2D eigenvalue weighted by atomic mass is 16.6. The number of carbonyl (C=O) groups excluding carboxylic acids is 1. The van der Waals surface area contributed by atoms with E-state index in [1.807, 2.05) is 25.7 Å². The lowest BCUT2D eigenvalue weighted by atomic mass is 10.0. The van der Waals surface area contributed by atoms with E-state index in [1.165, 1.54) is 6.42 Å². The third kappa shape index (κ3) is 6.60. The van der Waals surface area contributed by atoms with E-state index in [2.05, 4.69) is 19.2 Å². The average molecular weight is 284 g/mol. The second-order valence-electron chi connectivity index (χ2n) is 7.09. The van der Waals surface area contributed by atoms with E-state index in [-0.39, 0.29) is 6.09 Å². The van der Waals surface area contributed by atoms with Crippen LogP contribution in [-0.4, -0.2) is 42.8 Å². The summed E-state index contributed by atoms with van der Waals surface area (Å²) in [5, 5.41) is 3.51. The Hall–Kier alpha value is -0.770. The number of amides is 1. The molecule has 0 aromatic carbocycles. The number of hydrogen-bond donors (Lipinski definition) is 1. The van der Waals surface area contributed by atoms with Crippen molar-refractivity contribution in [2.24, 2.45) is 11.8 Å². The fraction of sp³-hybridized carbons (Fsp3) is 0.938. The molecular weight excluding hydrogens is 252 g/mol. The third-order valence-electron chi connectivity index (χ3n) is 3.86. The molecular formula is C16H32N2O2. The van der Waals surface area contributed by atoms with Gasteiger partial charge in [-0.2, -0.15) is 0 Å². The molecule has 1 aliphatic rings. The van der Waals surface area contributed by atoms with Gasteiger partial charge in [-0.15, -0.1) is 0 Å². The molecule has 1 rings (SSSR count). The molecule has 0 spiro atoms. The first-order chi connectivity index (χ1) is 9.31. The maximum Gasteiger partial charge on any atom is 0.410 e. The molecule has 2 unspecified atom stereocenters. The van der Waals surface area contributed by atoms with Crippen LogP contribution in [0.1, 0.15) is 53.9 Å².